The van der Waals surface area contributed by atoms with E-state index in [4.69, 9.17) is 21.1 Å². The molecule has 2 aromatic carbocycles. The summed E-state index contributed by atoms with van der Waals surface area (Å²) in [5, 5.41) is 11.6. The van der Waals surface area contributed by atoms with Crippen LogP contribution in [0.25, 0.3) is 5.76 Å². The number of aryl methyl sites for hydroxylation is 1. The van der Waals surface area contributed by atoms with Gasteiger partial charge in [0.1, 0.15) is 23.3 Å². The molecule has 0 bridgehead atoms. The third kappa shape index (κ3) is 3.81. The van der Waals surface area contributed by atoms with Gasteiger partial charge in [-0.15, -0.1) is 0 Å². The summed E-state index contributed by atoms with van der Waals surface area (Å²) in [6.45, 7) is 1.84. The number of hydrogen-bond donors (Lipinski definition) is 1. The van der Waals surface area contributed by atoms with Crippen molar-refractivity contribution in [1.29, 1.82) is 0 Å². The van der Waals surface area contributed by atoms with Gasteiger partial charge in [0, 0.05) is 18.0 Å². The number of halogens is 1. The summed E-state index contributed by atoms with van der Waals surface area (Å²) in [5.74, 6) is -1.44. The van der Waals surface area contributed by atoms with Crippen molar-refractivity contribution >= 4 is 34.7 Å². The van der Waals surface area contributed by atoms with Crippen LogP contribution in [0.2, 0.25) is 5.02 Å². The van der Waals surface area contributed by atoms with Crippen LogP contribution in [0, 0.1) is 6.92 Å². The molecule has 7 nitrogen and oxygen atoms in total. The molecule has 168 valence electrons. The molecule has 2 heterocycles. The number of carbonyl (C=O) groups is 2. The Hall–Kier alpha value is -3.84. The van der Waals surface area contributed by atoms with Crippen molar-refractivity contribution in [2.24, 2.45) is 0 Å². The van der Waals surface area contributed by atoms with Crippen molar-refractivity contribution in [3.8, 4) is 11.5 Å². The van der Waals surface area contributed by atoms with Crippen LogP contribution >= 0.6 is 11.6 Å². The summed E-state index contributed by atoms with van der Waals surface area (Å²) in [6.07, 6.45) is 1.57. The molecule has 0 spiro atoms. The first-order valence-electron chi connectivity index (χ1n) is 10.1. The number of pyridine rings is 1. The van der Waals surface area contributed by atoms with Crippen molar-refractivity contribution in [3.63, 3.8) is 0 Å². The molecule has 4 rings (SSSR count). The minimum absolute atomic E-state index is 0.110. The topological polar surface area (TPSA) is 89.0 Å². The predicted molar refractivity (Wildman–Crippen MR) is 125 cm³/mol. The average Bonchev–Trinajstić information content (AvgIpc) is 3.09. The lowest BCUT2D eigenvalue weighted by Gasteiger charge is -2.26. The number of ketones is 1. The zero-order valence-corrected chi connectivity index (χ0v) is 19.0. The minimum atomic E-state index is -0.946. The van der Waals surface area contributed by atoms with Gasteiger partial charge in [-0.3, -0.25) is 19.5 Å². The van der Waals surface area contributed by atoms with Gasteiger partial charge in [-0.1, -0.05) is 35.9 Å². The molecule has 1 aliphatic heterocycles. The highest BCUT2D eigenvalue weighted by molar-refractivity contribution is 6.51. The van der Waals surface area contributed by atoms with Crippen molar-refractivity contribution in [3.05, 3.63) is 88.2 Å². The fourth-order valence-corrected chi connectivity index (χ4v) is 4.16. The van der Waals surface area contributed by atoms with Crippen molar-refractivity contribution in [1.82, 2.24) is 4.98 Å². The van der Waals surface area contributed by atoms with E-state index >= 15 is 0 Å². The van der Waals surface area contributed by atoms with E-state index in [2.05, 4.69) is 4.98 Å². The standard InChI is InChI=1S/C25H21ClN2O5/c1-14-8-4-5-10-18(14)28-22(17-9-6-7-11-27-17)21(24(30)25(28)31)23(29)15-12-16(26)20(33-3)13-19(15)32-2/h4-13,22,29H,1-3H3/b23-21+. The fourth-order valence-electron chi connectivity index (χ4n) is 3.92. The second kappa shape index (κ2) is 8.96. The van der Waals surface area contributed by atoms with Crippen LogP contribution in [0.15, 0.2) is 66.4 Å². The highest BCUT2D eigenvalue weighted by Gasteiger charge is 2.48. The van der Waals surface area contributed by atoms with E-state index in [1.165, 1.54) is 31.3 Å². The lowest BCUT2D eigenvalue weighted by molar-refractivity contribution is -0.132. The van der Waals surface area contributed by atoms with E-state index in [9.17, 15) is 14.7 Å². The first kappa shape index (κ1) is 22.4. The van der Waals surface area contributed by atoms with Crippen molar-refractivity contribution < 1.29 is 24.2 Å². The van der Waals surface area contributed by atoms with Gasteiger partial charge in [-0.05, 0) is 36.8 Å². The summed E-state index contributed by atoms with van der Waals surface area (Å²) in [6, 6.07) is 14.4. The number of Topliss-reactive ketones (excluding diaryl/α,β-unsaturated/α-hetero) is 1. The highest BCUT2D eigenvalue weighted by Crippen LogP contribution is 2.44. The SMILES string of the molecule is COc1cc(OC)c(/C(O)=C2\C(=O)C(=O)N(c3ccccc3C)C2c2ccccn2)cc1Cl. The molecule has 1 atom stereocenters. The summed E-state index contributed by atoms with van der Waals surface area (Å²) in [4.78, 5) is 32.3. The Labute approximate surface area is 195 Å². The number of ether oxygens (including phenoxy) is 2. The molecule has 1 unspecified atom stereocenters. The zero-order chi connectivity index (χ0) is 23.7. The van der Waals surface area contributed by atoms with Gasteiger partial charge in [0.2, 0.25) is 0 Å². The maximum atomic E-state index is 13.3. The average molecular weight is 465 g/mol. The summed E-state index contributed by atoms with van der Waals surface area (Å²) in [7, 11) is 2.87. The second-order valence-electron chi connectivity index (χ2n) is 7.40. The normalized spacial score (nSPS) is 17.3. The Morgan fingerprint density at radius 3 is 2.36 bits per heavy atom. The smallest absolute Gasteiger partial charge is 0.300 e. The quantitative estimate of drug-likeness (QED) is 0.335. The number of amides is 1. The number of hydrogen-bond acceptors (Lipinski definition) is 6. The minimum Gasteiger partial charge on any atom is -0.507 e. The van der Waals surface area contributed by atoms with Gasteiger partial charge < -0.3 is 14.6 Å². The highest BCUT2D eigenvalue weighted by atomic mass is 35.5. The Balaban J connectivity index is 2.00. The number of aliphatic hydroxyl groups is 1. The van der Waals surface area contributed by atoms with Gasteiger partial charge >= 0.3 is 0 Å². The monoisotopic (exact) mass is 464 g/mol. The largest absolute Gasteiger partial charge is 0.507 e. The number of nitrogens with zero attached hydrogens (tertiary/aromatic N) is 2. The van der Waals surface area contributed by atoms with Crippen LogP contribution in [-0.2, 0) is 9.59 Å². The first-order chi connectivity index (χ1) is 15.9. The number of methoxy groups -OCH3 is 2. The zero-order valence-electron chi connectivity index (χ0n) is 18.2. The first-order valence-corrected chi connectivity index (χ1v) is 10.5. The van der Waals surface area contributed by atoms with E-state index in [1.54, 1.807) is 36.5 Å². The molecular weight excluding hydrogens is 444 g/mol. The van der Waals surface area contributed by atoms with E-state index in [-0.39, 0.29) is 21.9 Å². The molecule has 8 heteroatoms. The molecule has 3 aromatic rings. The van der Waals surface area contributed by atoms with Crippen LogP contribution in [-0.4, -0.2) is 36.0 Å². The maximum Gasteiger partial charge on any atom is 0.300 e. The number of aliphatic hydroxyl groups excluding tert-OH is 1. The number of para-hydroxylation sites is 1. The van der Waals surface area contributed by atoms with Gasteiger partial charge in [0.15, 0.2) is 0 Å². The Kier molecular flexibility index (Phi) is 6.07. The maximum absolute atomic E-state index is 13.3. The van der Waals surface area contributed by atoms with E-state index < -0.39 is 23.5 Å². The molecule has 1 amide bonds. The molecule has 1 fully saturated rings. The molecule has 1 aromatic heterocycles. The lowest BCUT2D eigenvalue weighted by Crippen LogP contribution is -2.30. The van der Waals surface area contributed by atoms with Crippen LogP contribution < -0.4 is 14.4 Å². The van der Waals surface area contributed by atoms with E-state index in [0.29, 0.717) is 17.1 Å². The number of rotatable bonds is 5. The van der Waals surface area contributed by atoms with Crippen LogP contribution in [0.3, 0.4) is 0 Å². The predicted octanol–water partition coefficient (Wildman–Crippen LogP) is 4.69. The number of aromatic nitrogens is 1. The van der Waals surface area contributed by atoms with Crippen LogP contribution in [0.5, 0.6) is 11.5 Å². The third-order valence-electron chi connectivity index (χ3n) is 5.52. The van der Waals surface area contributed by atoms with Crippen molar-refractivity contribution in [2.75, 3.05) is 19.1 Å². The molecule has 1 saturated heterocycles. The fraction of sp³-hybridized carbons (Fsp3) is 0.160. The van der Waals surface area contributed by atoms with E-state index in [0.717, 1.165) is 5.56 Å². The van der Waals surface area contributed by atoms with Crippen LogP contribution in [0.1, 0.15) is 22.9 Å². The molecule has 0 saturated carbocycles. The lowest BCUT2D eigenvalue weighted by atomic mass is 9.97. The molecule has 0 aliphatic carbocycles. The van der Waals surface area contributed by atoms with Gasteiger partial charge in [0.05, 0.1) is 36.1 Å². The molecule has 33 heavy (non-hydrogen) atoms. The van der Waals surface area contributed by atoms with E-state index in [1.807, 2.05) is 19.1 Å². The van der Waals surface area contributed by atoms with Gasteiger partial charge in [-0.2, -0.15) is 0 Å². The Morgan fingerprint density at radius 1 is 1.03 bits per heavy atom. The molecule has 1 aliphatic rings. The molecular formula is C25H21ClN2O5. The number of carbonyl (C=O) groups excluding carboxylic acids is 2. The Morgan fingerprint density at radius 2 is 1.73 bits per heavy atom. The molecule has 0 radical (unpaired) electrons. The number of benzene rings is 2. The Bertz CT molecular complexity index is 1270. The summed E-state index contributed by atoms with van der Waals surface area (Å²) in [5.41, 5.74) is 1.83. The van der Waals surface area contributed by atoms with Gasteiger partial charge in [-0.25, -0.2) is 0 Å². The summed E-state index contributed by atoms with van der Waals surface area (Å²) >= 11 is 6.28. The van der Waals surface area contributed by atoms with Crippen molar-refractivity contribution in [2.45, 2.75) is 13.0 Å². The summed E-state index contributed by atoms with van der Waals surface area (Å²) < 4.78 is 10.6. The second-order valence-corrected chi connectivity index (χ2v) is 7.80. The van der Waals surface area contributed by atoms with Crippen LogP contribution in [0.4, 0.5) is 5.69 Å². The third-order valence-corrected chi connectivity index (χ3v) is 5.81. The van der Waals surface area contributed by atoms with Gasteiger partial charge in [0.25, 0.3) is 11.7 Å². The molecule has 1 N–H and O–H groups in total. The number of anilines is 1.